The standard InChI is InChI=1S/C11H12O5S/c1-3-6-17(14,15)16-11(13)9-7-8(2)4-5-10(9)12/h3-5,7,12H,1,6H2,2H3. The summed E-state index contributed by atoms with van der Waals surface area (Å²) >= 11 is 0. The molecule has 0 radical (unpaired) electrons. The SMILES string of the molecule is C=CCS(=O)(=O)OC(=O)c1cc(C)ccc1O. The van der Waals surface area contributed by atoms with Crippen molar-refractivity contribution in [1.29, 1.82) is 0 Å². The van der Waals surface area contributed by atoms with Crippen LogP contribution in [0.25, 0.3) is 0 Å². The Morgan fingerprint density at radius 3 is 2.76 bits per heavy atom. The number of carbonyl (C=O) groups excluding carboxylic acids is 1. The molecule has 1 aromatic carbocycles. The van der Waals surface area contributed by atoms with Gasteiger partial charge in [0.15, 0.2) is 0 Å². The van der Waals surface area contributed by atoms with Crippen LogP contribution in [0, 0.1) is 6.92 Å². The molecule has 0 aliphatic rings. The zero-order chi connectivity index (χ0) is 13.1. The van der Waals surface area contributed by atoms with Gasteiger partial charge in [-0.25, -0.2) is 4.79 Å². The molecule has 1 rings (SSSR count). The average molecular weight is 256 g/mol. The van der Waals surface area contributed by atoms with Gasteiger partial charge in [-0.2, -0.15) is 8.42 Å². The van der Waals surface area contributed by atoms with Crippen LogP contribution in [0.1, 0.15) is 15.9 Å². The maximum absolute atomic E-state index is 11.5. The second kappa shape index (κ2) is 5.01. The van der Waals surface area contributed by atoms with Gasteiger partial charge < -0.3 is 9.29 Å². The lowest BCUT2D eigenvalue weighted by atomic mass is 10.1. The van der Waals surface area contributed by atoms with E-state index in [1.54, 1.807) is 13.0 Å². The number of carbonyl (C=O) groups is 1. The van der Waals surface area contributed by atoms with Crippen LogP contribution in [-0.4, -0.2) is 25.2 Å². The third-order valence-corrected chi connectivity index (χ3v) is 2.95. The molecule has 5 nitrogen and oxygen atoms in total. The van der Waals surface area contributed by atoms with E-state index in [4.69, 9.17) is 0 Å². The van der Waals surface area contributed by atoms with Crippen molar-refractivity contribution in [2.24, 2.45) is 0 Å². The highest BCUT2D eigenvalue weighted by Gasteiger charge is 2.20. The Morgan fingerprint density at radius 1 is 1.53 bits per heavy atom. The molecule has 6 heteroatoms. The highest BCUT2D eigenvalue weighted by molar-refractivity contribution is 7.87. The highest BCUT2D eigenvalue weighted by Crippen LogP contribution is 2.19. The largest absolute Gasteiger partial charge is 0.507 e. The summed E-state index contributed by atoms with van der Waals surface area (Å²) in [6, 6.07) is 4.23. The molecule has 0 aliphatic carbocycles. The molecule has 0 saturated heterocycles. The van der Waals surface area contributed by atoms with E-state index in [-0.39, 0.29) is 11.3 Å². The third-order valence-electron chi connectivity index (χ3n) is 1.90. The summed E-state index contributed by atoms with van der Waals surface area (Å²) in [6.07, 6.45) is 1.11. The van der Waals surface area contributed by atoms with Gasteiger partial charge in [0.2, 0.25) is 0 Å². The molecule has 0 saturated carbocycles. The Hall–Kier alpha value is -1.82. The van der Waals surface area contributed by atoms with E-state index in [0.29, 0.717) is 5.56 Å². The van der Waals surface area contributed by atoms with Gasteiger partial charge in [0.05, 0.1) is 0 Å². The molecule has 0 bridgehead atoms. The molecule has 0 heterocycles. The molecule has 0 aliphatic heterocycles. The fraction of sp³-hybridized carbons (Fsp3) is 0.182. The number of rotatable bonds is 4. The van der Waals surface area contributed by atoms with Gasteiger partial charge >= 0.3 is 16.1 Å². The Balaban J connectivity index is 2.98. The summed E-state index contributed by atoms with van der Waals surface area (Å²) < 4.78 is 26.7. The zero-order valence-corrected chi connectivity index (χ0v) is 10.0. The molecule has 0 atom stereocenters. The van der Waals surface area contributed by atoms with Crippen LogP contribution >= 0.6 is 0 Å². The number of benzene rings is 1. The first-order valence-electron chi connectivity index (χ1n) is 4.73. The smallest absolute Gasteiger partial charge is 0.357 e. The molecule has 1 N–H and O–H groups in total. The number of hydrogen-bond donors (Lipinski definition) is 1. The van der Waals surface area contributed by atoms with E-state index in [0.717, 1.165) is 6.08 Å². The number of aryl methyl sites for hydroxylation is 1. The Labute approximate surface area is 99.5 Å². The predicted molar refractivity (Wildman–Crippen MR) is 62.2 cm³/mol. The summed E-state index contributed by atoms with van der Waals surface area (Å²) in [7, 11) is -3.99. The molecule has 0 fully saturated rings. The van der Waals surface area contributed by atoms with E-state index in [1.807, 2.05) is 0 Å². The van der Waals surface area contributed by atoms with Crippen LogP contribution in [-0.2, 0) is 14.3 Å². The van der Waals surface area contributed by atoms with Crippen molar-refractivity contribution in [3.8, 4) is 5.75 Å². The van der Waals surface area contributed by atoms with Crippen LogP contribution in [0.15, 0.2) is 30.9 Å². The Bertz CT molecular complexity index is 545. The molecule has 0 unspecified atom stereocenters. The molecular weight excluding hydrogens is 244 g/mol. The van der Waals surface area contributed by atoms with E-state index < -0.39 is 21.8 Å². The third kappa shape index (κ3) is 3.60. The molecule has 1 aromatic rings. The minimum absolute atomic E-state index is 0.183. The van der Waals surface area contributed by atoms with Gasteiger partial charge in [-0.1, -0.05) is 17.7 Å². The number of aromatic hydroxyl groups is 1. The number of phenols is 1. The summed E-state index contributed by atoms with van der Waals surface area (Å²) in [6.45, 7) is 4.94. The lowest BCUT2D eigenvalue weighted by molar-refractivity contribution is 0.0744. The van der Waals surface area contributed by atoms with E-state index in [2.05, 4.69) is 10.8 Å². The molecule has 92 valence electrons. The van der Waals surface area contributed by atoms with Crippen molar-refractivity contribution >= 4 is 16.1 Å². The van der Waals surface area contributed by atoms with Crippen LogP contribution in [0.3, 0.4) is 0 Å². The van der Waals surface area contributed by atoms with Crippen molar-refractivity contribution in [3.05, 3.63) is 42.0 Å². The van der Waals surface area contributed by atoms with Crippen LogP contribution < -0.4 is 0 Å². The van der Waals surface area contributed by atoms with Gasteiger partial charge in [0, 0.05) is 0 Å². The van der Waals surface area contributed by atoms with E-state index in [1.165, 1.54) is 12.1 Å². The van der Waals surface area contributed by atoms with Gasteiger partial charge in [0.25, 0.3) is 0 Å². The monoisotopic (exact) mass is 256 g/mol. The lowest BCUT2D eigenvalue weighted by Gasteiger charge is -2.06. The molecule has 0 aromatic heterocycles. The van der Waals surface area contributed by atoms with Gasteiger partial charge in [-0.3, -0.25) is 0 Å². The fourth-order valence-electron chi connectivity index (χ4n) is 1.15. The topological polar surface area (TPSA) is 80.7 Å². The van der Waals surface area contributed by atoms with Crippen molar-refractivity contribution < 1.29 is 22.5 Å². The van der Waals surface area contributed by atoms with Crippen LogP contribution in [0.2, 0.25) is 0 Å². The second-order valence-electron chi connectivity index (χ2n) is 3.40. The van der Waals surface area contributed by atoms with Gasteiger partial charge in [-0.05, 0) is 19.1 Å². The van der Waals surface area contributed by atoms with Gasteiger partial charge in [0.1, 0.15) is 17.1 Å². The van der Waals surface area contributed by atoms with Crippen LogP contribution in [0.4, 0.5) is 0 Å². The quantitative estimate of drug-likeness (QED) is 0.650. The van der Waals surface area contributed by atoms with Crippen molar-refractivity contribution in [1.82, 2.24) is 0 Å². The summed E-state index contributed by atoms with van der Waals surface area (Å²) in [4.78, 5) is 11.5. The number of hydrogen-bond acceptors (Lipinski definition) is 5. The normalized spacial score (nSPS) is 10.9. The minimum atomic E-state index is -3.99. The summed E-state index contributed by atoms with van der Waals surface area (Å²) in [5.41, 5.74) is 0.522. The summed E-state index contributed by atoms with van der Waals surface area (Å²) in [5, 5.41) is 9.42. The van der Waals surface area contributed by atoms with Gasteiger partial charge in [-0.15, -0.1) is 6.58 Å². The minimum Gasteiger partial charge on any atom is -0.507 e. The van der Waals surface area contributed by atoms with Crippen molar-refractivity contribution in [2.75, 3.05) is 5.75 Å². The first kappa shape index (κ1) is 13.2. The average Bonchev–Trinajstić information content (AvgIpc) is 2.20. The fourth-order valence-corrected chi connectivity index (χ4v) is 1.83. The highest BCUT2D eigenvalue weighted by atomic mass is 32.2. The molecule has 0 spiro atoms. The lowest BCUT2D eigenvalue weighted by Crippen LogP contribution is -2.15. The first-order chi connectivity index (χ1) is 7.85. The maximum Gasteiger partial charge on any atom is 0.357 e. The van der Waals surface area contributed by atoms with E-state index >= 15 is 0 Å². The van der Waals surface area contributed by atoms with E-state index in [9.17, 15) is 18.3 Å². The Morgan fingerprint density at radius 2 is 2.18 bits per heavy atom. The van der Waals surface area contributed by atoms with Crippen molar-refractivity contribution in [2.45, 2.75) is 6.92 Å². The second-order valence-corrected chi connectivity index (χ2v) is 5.02. The first-order valence-corrected chi connectivity index (χ1v) is 6.30. The molecule has 17 heavy (non-hydrogen) atoms. The van der Waals surface area contributed by atoms with Crippen molar-refractivity contribution in [3.63, 3.8) is 0 Å². The molecule has 0 amide bonds. The Kier molecular flexibility index (Phi) is 3.90. The molecular formula is C11H12O5S. The zero-order valence-electron chi connectivity index (χ0n) is 9.21. The number of phenolic OH excluding ortho intramolecular Hbond substituents is 1. The van der Waals surface area contributed by atoms with Crippen LogP contribution in [0.5, 0.6) is 5.75 Å². The predicted octanol–water partition coefficient (Wildman–Crippen LogP) is 1.37. The summed E-state index contributed by atoms with van der Waals surface area (Å²) in [5.74, 6) is -1.90. The maximum atomic E-state index is 11.5.